The van der Waals surface area contributed by atoms with Crippen molar-refractivity contribution in [1.82, 2.24) is 0 Å². The molecule has 0 aliphatic carbocycles. The van der Waals surface area contributed by atoms with Gasteiger partial charge in [0.25, 0.3) is 0 Å². The lowest BCUT2D eigenvalue weighted by Gasteiger charge is -2.07. The summed E-state index contributed by atoms with van der Waals surface area (Å²) >= 11 is 1.38. The van der Waals surface area contributed by atoms with Crippen molar-refractivity contribution in [2.45, 2.75) is 24.3 Å². The summed E-state index contributed by atoms with van der Waals surface area (Å²) in [6, 6.07) is 4.74. The highest BCUT2D eigenvalue weighted by atomic mass is 32.2. The summed E-state index contributed by atoms with van der Waals surface area (Å²) in [5, 5.41) is 17.8. The summed E-state index contributed by atoms with van der Waals surface area (Å²) in [7, 11) is 0. The summed E-state index contributed by atoms with van der Waals surface area (Å²) in [6.07, 6.45) is 0.0124. The average molecular weight is 230 g/mol. The van der Waals surface area contributed by atoms with Gasteiger partial charge in [-0.2, -0.15) is 0 Å². The molecule has 0 amide bonds. The Bertz CT molecular complexity index is 315. The molecule has 0 aromatic heterocycles. The molecule has 0 saturated carbocycles. The minimum atomic E-state index is -0.643. The maximum atomic E-state index is 13.4. The van der Waals surface area contributed by atoms with E-state index < -0.39 is 6.10 Å². The van der Waals surface area contributed by atoms with Gasteiger partial charge in [-0.05, 0) is 31.0 Å². The molecule has 2 nitrogen and oxygen atoms in total. The van der Waals surface area contributed by atoms with Crippen LogP contribution in [0.3, 0.4) is 0 Å². The van der Waals surface area contributed by atoms with Crippen LogP contribution in [0, 0.1) is 5.82 Å². The zero-order chi connectivity index (χ0) is 11.3. The van der Waals surface area contributed by atoms with Gasteiger partial charge in [-0.1, -0.05) is 6.07 Å². The molecule has 0 unspecified atom stereocenters. The van der Waals surface area contributed by atoms with Crippen molar-refractivity contribution in [2.24, 2.45) is 0 Å². The lowest BCUT2D eigenvalue weighted by atomic mass is 10.1. The normalized spacial score (nSPS) is 12.8. The number of rotatable bonds is 5. The fourth-order valence-corrected chi connectivity index (χ4v) is 2.00. The van der Waals surface area contributed by atoms with Crippen molar-refractivity contribution in [2.75, 3.05) is 12.4 Å². The molecule has 4 heteroatoms. The van der Waals surface area contributed by atoms with Gasteiger partial charge in [-0.3, -0.25) is 0 Å². The Kier molecular flexibility index (Phi) is 5.08. The number of hydrogen-bond acceptors (Lipinski definition) is 3. The molecule has 0 radical (unpaired) electrons. The van der Waals surface area contributed by atoms with Gasteiger partial charge in [-0.25, -0.2) is 4.39 Å². The molecule has 0 heterocycles. The van der Waals surface area contributed by atoms with Crippen LogP contribution >= 0.6 is 11.8 Å². The number of aliphatic hydroxyl groups excluding tert-OH is 2. The second-order valence-corrected chi connectivity index (χ2v) is 4.43. The zero-order valence-electron chi connectivity index (χ0n) is 8.61. The molecule has 1 aromatic rings. The van der Waals surface area contributed by atoms with Crippen LogP contribution in [-0.2, 0) is 0 Å². The van der Waals surface area contributed by atoms with E-state index in [9.17, 15) is 9.50 Å². The van der Waals surface area contributed by atoms with Gasteiger partial charge in [0.1, 0.15) is 5.82 Å². The zero-order valence-corrected chi connectivity index (χ0v) is 9.43. The Balaban J connectivity index is 2.66. The summed E-state index contributed by atoms with van der Waals surface area (Å²) in [4.78, 5) is 0.563. The van der Waals surface area contributed by atoms with Gasteiger partial charge in [0.15, 0.2) is 0 Å². The summed E-state index contributed by atoms with van der Waals surface area (Å²) in [6.45, 7) is 1.73. The van der Waals surface area contributed by atoms with Crippen LogP contribution in [-0.4, -0.2) is 22.6 Å². The Morgan fingerprint density at radius 1 is 1.47 bits per heavy atom. The second kappa shape index (κ2) is 6.10. The number of hydrogen-bond donors (Lipinski definition) is 2. The highest BCUT2D eigenvalue weighted by Gasteiger charge is 2.06. The molecule has 1 rings (SSSR count). The van der Waals surface area contributed by atoms with Gasteiger partial charge >= 0.3 is 0 Å². The number of halogens is 1. The lowest BCUT2D eigenvalue weighted by Crippen LogP contribution is -1.94. The Labute approximate surface area is 93.1 Å². The van der Waals surface area contributed by atoms with Crippen LogP contribution in [0.4, 0.5) is 4.39 Å². The quantitative estimate of drug-likeness (QED) is 0.602. The maximum absolute atomic E-state index is 13.4. The first-order chi connectivity index (χ1) is 7.15. The predicted octanol–water partition coefficient (Wildman–Crippen LogP) is 2.35. The molecule has 84 valence electrons. The molecule has 0 bridgehead atoms. The monoisotopic (exact) mass is 230 g/mol. The molecule has 1 aromatic carbocycles. The minimum Gasteiger partial charge on any atom is -0.396 e. The molecule has 0 fully saturated rings. The third kappa shape index (κ3) is 3.81. The average Bonchev–Trinajstić information content (AvgIpc) is 2.20. The Morgan fingerprint density at radius 3 is 2.73 bits per heavy atom. The van der Waals surface area contributed by atoms with E-state index in [1.807, 2.05) is 0 Å². The first-order valence-electron chi connectivity index (χ1n) is 4.86. The first-order valence-corrected chi connectivity index (χ1v) is 5.85. The van der Waals surface area contributed by atoms with Gasteiger partial charge in [-0.15, -0.1) is 11.8 Å². The molecule has 2 N–H and O–H groups in total. The molecule has 0 saturated heterocycles. The highest BCUT2D eigenvalue weighted by molar-refractivity contribution is 7.99. The van der Waals surface area contributed by atoms with Gasteiger partial charge < -0.3 is 10.2 Å². The predicted molar refractivity (Wildman–Crippen MR) is 59.5 cm³/mol. The maximum Gasteiger partial charge on any atom is 0.137 e. The Morgan fingerprint density at radius 2 is 2.20 bits per heavy atom. The highest BCUT2D eigenvalue weighted by Crippen LogP contribution is 2.25. The van der Waals surface area contributed by atoms with E-state index in [0.29, 0.717) is 22.6 Å². The smallest absolute Gasteiger partial charge is 0.137 e. The number of benzene rings is 1. The van der Waals surface area contributed by atoms with Gasteiger partial charge in [0.2, 0.25) is 0 Å². The molecular formula is C11H15FO2S. The van der Waals surface area contributed by atoms with Crippen molar-refractivity contribution < 1.29 is 14.6 Å². The molecule has 0 aliphatic heterocycles. The lowest BCUT2D eigenvalue weighted by molar-refractivity contribution is 0.198. The molecule has 0 aliphatic rings. The van der Waals surface area contributed by atoms with Crippen molar-refractivity contribution in [3.8, 4) is 0 Å². The van der Waals surface area contributed by atoms with Crippen LogP contribution in [0.5, 0.6) is 0 Å². The molecule has 15 heavy (non-hydrogen) atoms. The van der Waals surface area contributed by atoms with Gasteiger partial charge in [0.05, 0.1) is 6.10 Å². The van der Waals surface area contributed by atoms with Gasteiger partial charge in [0, 0.05) is 17.3 Å². The van der Waals surface area contributed by atoms with Crippen LogP contribution in [0.25, 0.3) is 0 Å². The van der Waals surface area contributed by atoms with Crippen LogP contribution in [0.15, 0.2) is 23.1 Å². The topological polar surface area (TPSA) is 40.5 Å². The van der Waals surface area contributed by atoms with Crippen molar-refractivity contribution in [3.63, 3.8) is 0 Å². The van der Waals surface area contributed by atoms with Crippen molar-refractivity contribution >= 4 is 11.8 Å². The SMILES string of the molecule is C[C@H](O)c1ccc(SCCCO)c(F)c1. The van der Waals surface area contributed by atoms with Crippen LogP contribution in [0.1, 0.15) is 25.0 Å². The number of aliphatic hydroxyl groups is 2. The van der Waals surface area contributed by atoms with E-state index >= 15 is 0 Å². The Hall–Kier alpha value is -0.580. The van der Waals surface area contributed by atoms with E-state index in [-0.39, 0.29) is 12.4 Å². The van der Waals surface area contributed by atoms with E-state index in [2.05, 4.69) is 0 Å². The van der Waals surface area contributed by atoms with E-state index in [0.717, 1.165) is 0 Å². The second-order valence-electron chi connectivity index (χ2n) is 3.29. The van der Waals surface area contributed by atoms with E-state index in [1.54, 1.807) is 19.1 Å². The number of thioether (sulfide) groups is 1. The summed E-state index contributed by atoms with van der Waals surface area (Å²) in [5.74, 6) is 0.387. The first kappa shape index (κ1) is 12.5. The third-order valence-electron chi connectivity index (χ3n) is 2.00. The van der Waals surface area contributed by atoms with Crippen LogP contribution < -0.4 is 0 Å². The van der Waals surface area contributed by atoms with Crippen molar-refractivity contribution in [3.05, 3.63) is 29.6 Å². The largest absolute Gasteiger partial charge is 0.396 e. The summed E-state index contributed by atoms with van der Waals surface area (Å²) < 4.78 is 13.4. The third-order valence-corrected chi connectivity index (χ3v) is 3.13. The van der Waals surface area contributed by atoms with E-state index in [4.69, 9.17) is 5.11 Å². The molecule has 0 spiro atoms. The fourth-order valence-electron chi connectivity index (χ4n) is 1.14. The van der Waals surface area contributed by atoms with Crippen LogP contribution in [0.2, 0.25) is 0 Å². The summed E-state index contributed by atoms with van der Waals surface area (Å²) in [5.41, 5.74) is 0.582. The van der Waals surface area contributed by atoms with Crippen molar-refractivity contribution in [1.29, 1.82) is 0 Å². The fraction of sp³-hybridized carbons (Fsp3) is 0.455. The molecule has 1 atom stereocenters. The minimum absolute atomic E-state index is 0.125. The van der Waals surface area contributed by atoms with E-state index in [1.165, 1.54) is 17.8 Å². The standard InChI is InChI=1S/C11H15FO2S/c1-8(14)9-3-4-11(10(12)7-9)15-6-2-5-13/h3-4,7-8,13-14H,2,5-6H2,1H3/t8-/m0/s1. The molecular weight excluding hydrogens is 215 g/mol.